The van der Waals surface area contributed by atoms with Crippen LogP contribution in [0.3, 0.4) is 0 Å². The molecular weight excluding hydrogens is 292 g/mol. The molecule has 16 heavy (non-hydrogen) atoms. The molecule has 1 aliphatic rings. The van der Waals surface area contributed by atoms with Gasteiger partial charge in [0.2, 0.25) is 5.91 Å². The summed E-state index contributed by atoms with van der Waals surface area (Å²) >= 11 is 5.00. The Morgan fingerprint density at radius 2 is 2.19 bits per heavy atom. The van der Waals surface area contributed by atoms with Crippen LogP contribution in [0.15, 0.2) is 15.9 Å². The van der Waals surface area contributed by atoms with Crippen molar-refractivity contribution in [2.24, 2.45) is 5.84 Å². The molecule has 6 heteroatoms. The molecule has 1 aromatic rings. The lowest BCUT2D eigenvalue weighted by Gasteiger charge is -2.34. The van der Waals surface area contributed by atoms with Crippen molar-refractivity contribution in [1.82, 2.24) is 5.43 Å². The van der Waals surface area contributed by atoms with Crippen LogP contribution in [0.4, 0.5) is 0 Å². The zero-order valence-electron chi connectivity index (χ0n) is 8.66. The van der Waals surface area contributed by atoms with Gasteiger partial charge >= 0.3 is 0 Å². The zero-order chi connectivity index (χ0) is 11.6. The first-order valence-electron chi connectivity index (χ1n) is 5.04. The maximum atomic E-state index is 12.0. The Morgan fingerprint density at radius 3 is 2.69 bits per heavy atom. The maximum Gasteiger partial charge on any atom is 0.245 e. The number of amides is 1. The lowest BCUT2D eigenvalue weighted by Crippen LogP contribution is -2.49. The van der Waals surface area contributed by atoms with Gasteiger partial charge in [0, 0.05) is 18.1 Å². The third-order valence-corrected chi connectivity index (χ3v) is 4.78. The molecule has 1 saturated heterocycles. The number of hydrogen-bond donors (Lipinski definition) is 2. The molecule has 0 saturated carbocycles. The highest BCUT2D eigenvalue weighted by molar-refractivity contribution is 9.11. The molecule has 1 aliphatic heterocycles. The topological polar surface area (TPSA) is 64.3 Å². The highest BCUT2D eigenvalue weighted by atomic mass is 79.9. The zero-order valence-corrected chi connectivity index (χ0v) is 11.1. The van der Waals surface area contributed by atoms with Crippen LogP contribution in [-0.4, -0.2) is 19.1 Å². The monoisotopic (exact) mass is 304 g/mol. The van der Waals surface area contributed by atoms with Crippen LogP contribution < -0.4 is 11.3 Å². The Kier molecular flexibility index (Phi) is 3.63. The van der Waals surface area contributed by atoms with Gasteiger partial charge in [-0.05, 0) is 40.9 Å². The minimum Gasteiger partial charge on any atom is -0.381 e. The van der Waals surface area contributed by atoms with Gasteiger partial charge in [-0.2, -0.15) is 0 Å². The van der Waals surface area contributed by atoms with Crippen LogP contribution in [0, 0.1) is 0 Å². The second-order valence-electron chi connectivity index (χ2n) is 3.77. The largest absolute Gasteiger partial charge is 0.381 e. The minimum atomic E-state index is -0.510. The standard InChI is InChI=1S/C10H13BrN2O2S/c11-8-2-1-7(16-8)10(9(14)13-12)3-5-15-6-4-10/h1-2H,3-6,12H2,(H,13,14). The summed E-state index contributed by atoms with van der Waals surface area (Å²) in [5, 5.41) is 0. The van der Waals surface area contributed by atoms with E-state index in [-0.39, 0.29) is 5.91 Å². The smallest absolute Gasteiger partial charge is 0.245 e. The first kappa shape index (κ1) is 12.0. The fourth-order valence-electron chi connectivity index (χ4n) is 2.01. The number of rotatable bonds is 2. The van der Waals surface area contributed by atoms with E-state index in [1.165, 1.54) is 0 Å². The molecule has 0 spiro atoms. The molecule has 0 radical (unpaired) electrons. The predicted octanol–water partition coefficient (Wildman–Crippen LogP) is 1.55. The molecule has 3 N–H and O–H groups in total. The second kappa shape index (κ2) is 4.83. The SMILES string of the molecule is NNC(=O)C1(c2ccc(Br)s2)CCOCC1. The van der Waals surface area contributed by atoms with Crippen molar-refractivity contribution in [3.63, 3.8) is 0 Å². The fraction of sp³-hybridized carbons (Fsp3) is 0.500. The average Bonchev–Trinajstić information content (AvgIpc) is 2.76. The van der Waals surface area contributed by atoms with E-state index in [1.54, 1.807) is 11.3 Å². The van der Waals surface area contributed by atoms with E-state index in [0.29, 0.717) is 26.1 Å². The molecule has 2 rings (SSSR count). The van der Waals surface area contributed by atoms with E-state index < -0.39 is 5.41 Å². The molecule has 0 aliphatic carbocycles. The summed E-state index contributed by atoms with van der Waals surface area (Å²) in [4.78, 5) is 13.0. The highest BCUT2D eigenvalue weighted by Gasteiger charge is 2.42. The summed E-state index contributed by atoms with van der Waals surface area (Å²) in [6.07, 6.45) is 1.37. The summed E-state index contributed by atoms with van der Waals surface area (Å²) in [5.41, 5.74) is 1.77. The van der Waals surface area contributed by atoms with Crippen molar-refractivity contribution in [2.75, 3.05) is 13.2 Å². The molecule has 1 aromatic heterocycles. The maximum absolute atomic E-state index is 12.0. The molecule has 88 valence electrons. The lowest BCUT2D eigenvalue weighted by molar-refractivity contribution is -0.130. The molecule has 1 amide bonds. The summed E-state index contributed by atoms with van der Waals surface area (Å²) in [6, 6.07) is 3.94. The molecule has 1 fully saturated rings. The number of carbonyl (C=O) groups is 1. The third-order valence-electron chi connectivity index (χ3n) is 2.96. The fourth-order valence-corrected chi connectivity index (χ4v) is 3.64. The van der Waals surface area contributed by atoms with E-state index in [2.05, 4.69) is 21.4 Å². The van der Waals surface area contributed by atoms with Gasteiger partial charge in [0.1, 0.15) is 0 Å². The Hall–Kier alpha value is -0.430. The third kappa shape index (κ3) is 2.02. The van der Waals surface area contributed by atoms with Crippen molar-refractivity contribution in [3.05, 3.63) is 20.8 Å². The van der Waals surface area contributed by atoms with Crippen molar-refractivity contribution >= 4 is 33.2 Å². The summed E-state index contributed by atoms with van der Waals surface area (Å²) in [6.45, 7) is 1.20. The second-order valence-corrected chi connectivity index (χ2v) is 6.23. The van der Waals surface area contributed by atoms with Crippen LogP contribution in [-0.2, 0) is 14.9 Å². The molecule has 2 heterocycles. The Bertz CT molecular complexity index is 388. The van der Waals surface area contributed by atoms with Gasteiger partial charge in [-0.25, -0.2) is 5.84 Å². The van der Waals surface area contributed by atoms with Gasteiger partial charge in [-0.15, -0.1) is 11.3 Å². The minimum absolute atomic E-state index is 0.120. The summed E-state index contributed by atoms with van der Waals surface area (Å²) in [7, 11) is 0. The number of carbonyl (C=O) groups excluding carboxylic acids is 1. The van der Waals surface area contributed by atoms with Crippen LogP contribution in [0.25, 0.3) is 0 Å². The van der Waals surface area contributed by atoms with Crippen molar-refractivity contribution in [2.45, 2.75) is 18.3 Å². The molecule has 0 bridgehead atoms. The Labute approximate surface area is 106 Å². The average molecular weight is 305 g/mol. The molecular formula is C10H13BrN2O2S. The molecule has 4 nitrogen and oxygen atoms in total. The van der Waals surface area contributed by atoms with E-state index in [1.807, 2.05) is 12.1 Å². The van der Waals surface area contributed by atoms with Crippen molar-refractivity contribution < 1.29 is 9.53 Å². The normalized spacial score (nSPS) is 19.4. The van der Waals surface area contributed by atoms with Gasteiger partial charge in [0.05, 0.1) is 9.20 Å². The van der Waals surface area contributed by atoms with Crippen LogP contribution in [0.1, 0.15) is 17.7 Å². The predicted molar refractivity (Wildman–Crippen MR) is 66.1 cm³/mol. The molecule has 0 unspecified atom stereocenters. The summed E-state index contributed by atoms with van der Waals surface area (Å²) in [5.74, 6) is 5.16. The van der Waals surface area contributed by atoms with Gasteiger partial charge < -0.3 is 4.74 Å². The number of nitrogens with one attached hydrogen (secondary N) is 1. The van der Waals surface area contributed by atoms with E-state index in [0.717, 1.165) is 8.66 Å². The number of ether oxygens (including phenoxy) is 1. The van der Waals surface area contributed by atoms with Gasteiger partial charge in [0.25, 0.3) is 0 Å². The first-order valence-corrected chi connectivity index (χ1v) is 6.64. The quantitative estimate of drug-likeness (QED) is 0.495. The van der Waals surface area contributed by atoms with Crippen LogP contribution in [0.5, 0.6) is 0 Å². The van der Waals surface area contributed by atoms with Crippen LogP contribution in [0.2, 0.25) is 0 Å². The molecule has 0 aromatic carbocycles. The molecule has 0 atom stereocenters. The Morgan fingerprint density at radius 1 is 1.50 bits per heavy atom. The van der Waals surface area contributed by atoms with Gasteiger partial charge in [-0.3, -0.25) is 10.2 Å². The lowest BCUT2D eigenvalue weighted by atomic mass is 9.78. The number of halogens is 1. The Balaban J connectivity index is 2.37. The van der Waals surface area contributed by atoms with Gasteiger partial charge in [0.15, 0.2) is 0 Å². The highest BCUT2D eigenvalue weighted by Crippen LogP contribution is 2.40. The van der Waals surface area contributed by atoms with E-state index in [9.17, 15) is 4.79 Å². The number of nitrogens with two attached hydrogens (primary N) is 1. The van der Waals surface area contributed by atoms with Gasteiger partial charge in [-0.1, -0.05) is 0 Å². The number of hydrogen-bond acceptors (Lipinski definition) is 4. The number of thiophene rings is 1. The van der Waals surface area contributed by atoms with Crippen molar-refractivity contribution in [1.29, 1.82) is 0 Å². The van der Waals surface area contributed by atoms with E-state index >= 15 is 0 Å². The summed E-state index contributed by atoms with van der Waals surface area (Å²) < 4.78 is 6.35. The number of hydrazine groups is 1. The van der Waals surface area contributed by atoms with Crippen molar-refractivity contribution in [3.8, 4) is 0 Å². The van der Waals surface area contributed by atoms with E-state index in [4.69, 9.17) is 10.6 Å². The van der Waals surface area contributed by atoms with Crippen LogP contribution >= 0.6 is 27.3 Å². The first-order chi connectivity index (χ1) is 7.69.